The van der Waals surface area contributed by atoms with Crippen molar-refractivity contribution in [2.75, 3.05) is 34.0 Å². The van der Waals surface area contributed by atoms with Crippen LogP contribution in [0.3, 0.4) is 0 Å². The zero-order valence-corrected chi connectivity index (χ0v) is 16.1. The third kappa shape index (κ3) is 4.35. The summed E-state index contributed by atoms with van der Waals surface area (Å²) < 4.78 is 30.8. The maximum Gasteiger partial charge on any atom is 0.161 e. The van der Waals surface area contributed by atoms with Crippen LogP contribution in [0.4, 0.5) is 4.39 Å². The number of aliphatic hydroxyl groups is 1. The van der Waals surface area contributed by atoms with Gasteiger partial charge in [0, 0.05) is 23.7 Å². The number of halogens is 2. The summed E-state index contributed by atoms with van der Waals surface area (Å²) in [6, 6.07) is 10.0. The molecule has 3 rings (SSSR count). The van der Waals surface area contributed by atoms with Crippen LogP contribution >= 0.6 is 11.6 Å². The topological polar surface area (TPSA) is 51.2 Å². The first-order valence-electron chi connectivity index (χ1n) is 8.69. The molecule has 2 aromatic carbocycles. The monoisotopic (exact) mass is 395 g/mol. The first-order chi connectivity index (χ1) is 13.1. The van der Waals surface area contributed by atoms with Gasteiger partial charge in [0.1, 0.15) is 11.9 Å². The second-order valence-corrected chi connectivity index (χ2v) is 6.79. The van der Waals surface area contributed by atoms with Gasteiger partial charge in [-0.25, -0.2) is 4.39 Å². The van der Waals surface area contributed by atoms with Gasteiger partial charge >= 0.3 is 0 Å². The van der Waals surface area contributed by atoms with Crippen molar-refractivity contribution in [3.63, 3.8) is 0 Å². The number of hydrogen-bond donors (Lipinski definition) is 1. The van der Waals surface area contributed by atoms with Crippen molar-refractivity contribution in [3.8, 4) is 11.5 Å². The Hall–Kier alpha value is -1.86. The molecule has 0 aliphatic carbocycles. The minimum Gasteiger partial charge on any atom is -0.493 e. The number of morpholine rings is 1. The molecule has 27 heavy (non-hydrogen) atoms. The van der Waals surface area contributed by atoms with E-state index in [1.165, 1.54) is 6.07 Å². The van der Waals surface area contributed by atoms with Gasteiger partial charge in [0.05, 0.1) is 33.5 Å². The van der Waals surface area contributed by atoms with E-state index in [-0.39, 0.29) is 18.5 Å². The van der Waals surface area contributed by atoms with Crippen LogP contribution in [-0.4, -0.2) is 50.1 Å². The third-order valence-corrected chi connectivity index (χ3v) is 5.01. The largest absolute Gasteiger partial charge is 0.493 e. The van der Waals surface area contributed by atoms with Crippen LogP contribution < -0.4 is 9.47 Å². The van der Waals surface area contributed by atoms with Gasteiger partial charge in [-0.2, -0.15) is 0 Å². The Labute approximate surface area is 163 Å². The molecule has 0 saturated carbocycles. The Kier molecular flexibility index (Phi) is 6.55. The number of rotatable bonds is 6. The van der Waals surface area contributed by atoms with E-state index >= 15 is 0 Å². The molecule has 1 saturated heterocycles. The van der Waals surface area contributed by atoms with Crippen molar-refractivity contribution in [2.45, 2.75) is 18.7 Å². The fourth-order valence-corrected chi connectivity index (χ4v) is 3.61. The van der Waals surface area contributed by atoms with Crippen molar-refractivity contribution in [1.82, 2.24) is 4.90 Å². The summed E-state index contributed by atoms with van der Waals surface area (Å²) in [6.07, 6.45) is -0.424. The number of hydrogen-bond acceptors (Lipinski definition) is 5. The first-order valence-corrected chi connectivity index (χ1v) is 9.07. The summed E-state index contributed by atoms with van der Waals surface area (Å²) in [5, 5.41) is 10.2. The molecular formula is C20H23ClFNO4. The van der Waals surface area contributed by atoms with E-state index in [1.807, 2.05) is 18.2 Å². The van der Waals surface area contributed by atoms with Crippen LogP contribution in [0.2, 0.25) is 5.02 Å². The summed E-state index contributed by atoms with van der Waals surface area (Å²) in [5.41, 5.74) is 1.45. The second kappa shape index (κ2) is 8.89. The minimum atomic E-state index is -0.424. The fourth-order valence-electron chi connectivity index (χ4n) is 3.45. The maximum atomic E-state index is 14.3. The van der Waals surface area contributed by atoms with E-state index in [0.29, 0.717) is 41.8 Å². The molecule has 1 heterocycles. The van der Waals surface area contributed by atoms with Crippen LogP contribution in [0.25, 0.3) is 0 Å². The summed E-state index contributed by atoms with van der Waals surface area (Å²) in [4.78, 5) is 2.10. The molecule has 1 N–H and O–H groups in total. The van der Waals surface area contributed by atoms with Crippen molar-refractivity contribution in [3.05, 3.63) is 58.4 Å². The molecule has 0 aromatic heterocycles. The molecule has 7 heteroatoms. The third-order valence-electron chi connectivity index (χ3n) is 4.77. The lowest BCUT2D eigenvalue weighted by molar-refractivity contribution is -0.0963. The Morgan fingerprint density at radius 3 is 2.63 bits per heavy atom. The number of nitrogens with zero attached hydrogens (tertiary/aromatic N) is 1. The second-order valence-electron chi connectivity index (χ2n) is 6.36. The zero-order chi connectivity index (χ0) is 19.4. The van der Waals surface area contributed by atoms with E-state index in [0.717, 1.165) is 5.56 Å². The first kappa shape index (κ1) is 19.9. The van der Waals surface area contributed by atoms with Crippen LogP contribution in [-0.2, 0) is 11.3 Å². The van der Waals surface area contributed by atoms with Gasteiger partial charge in [-0.3, -0.25) is 4.90 Å². The smallest absolute Gasteiger partial charge is 0.161 e. The SMILES string of the molecule is COc1ccc([C@@H]2[C@@H](CO)OCCN2Cc2ccc(Cl)cc2F)cc1OC. The molecule has 0 unspecified atom stereocenters. The molecule has 0 bridgehead atoms. The Morgan fingerprint density at radius 1 is 1.19 bits per heavy atom. The Morgan fingerprint density at radius 2 is 1.96 bits per heavy atom. The van der Waals surface area contributed by atoms with E-state index in [2.05, 4.69) is 4.90 Å². The Bertz CT molecular complexity index is 789. The van der Waals surface area contributed by atoms with E-state index < -0.39 is 6.10 Å². The normalized spacial score (nSPS) is 20.5. The quantitative estimate of drug-likeness (QED) is 0.812. The molecule has 1 fully saturated rings. The summed E-state index contributed by atoms with van der Waals surface area (Å²) >= 11 is 5.86. The maximum absolute atomic E-state index is 14.3. The molecule has 146 valence electrons. The number of benzene rings is 2. The number of ether oxygens (including phenoxy) is 3. The summed E-state index contributed by atoms with van der Waals surface area (Å²) in [5.74, 6) is 0.865. The fraction of sp³-hybridized carbons (Fsp3) is 0.400. The highest BCUT2D eigenvalue weighted by Gasteiger charge is 2.34. The standard InChI is InChI=1S/C20H23ClFNO4/c1-25-17-6-4-13(9-18(17)26-2)20-19(12-24)27-8-7-23(20)11-14-3-5-15(21)10-16(14)22/h3-6,9-10,19-20,24H,7-8,11-12H2,1-2H3/t19-,20-/m1/s1. The molecule has 5 nitrogen and oxygen atoms in total. The van der Waals surface area contributed by atoms with Crippen LogP contribution in [0.15, 0.2) is 36.4 Å². The van der Waals surface area contributed by atoms with Crippen molar-refractivity contribution in [2.24, 2.45) is 0 Å². The molecule has 1 aliphatic rings. The predicted octanol–water partition coefficient (Wildman–Crippen LogP) is 3.43. The van der Waals surface area contributed by atoms with E-state index in [9.17, 15) is 9.50 Å². The van der Waals surface area contributed by atoms with E-state index in [1.54, 1.807) is 26.4 Å². The van der Waals surface area contributed by atoms with Gasteiger partial charge < -0.3 is 19.3 Å². The van der Waals surface area contributed by atoms with Gasteiger partial charge in [-0.1, -0.05) is 23.7 Å². The summed E-state index contributed by atoms with van der Waals surface area (Å²) in [7, 11) is 3.15. The average molecular weight is 396 g/mol. The number of methoxy groups -OCH3 is 2. The zero-order valence-electron chi connectivity index (χ0n) is 15.3. The van der Waals surface area contributed by atoms with E-state index in [4.69, 9.17) is 25.8 Å². The van der Waals surface area contributed by atoms with Crippen LogP contribution in [0, 0.1) is 5.82 Å². The summed E-state index contributed by atoms with van der Waals surface area (Å²) in [6.45, 7) is 1.31. The van der Waals surface area contributed by atoms with Gasteiger partial charge in [-0.05, 0) is 29.8 Å². The van der Waals surface area contributed by atoms with Gasteiger partial charge in [0.15, 0.2) is 11.5 Å². The highest BCUT2D eigenvalue weighted by molar-refractivity contribution is 6.30. The number of aliphatic hydroxyl groups excluding tert-OH is 1. The average Bonchev–Trinajstić information content (AvgIpc) is 2.69. The molecule has 0 radical (unpaired) electrons. The molecule has 0 spiro atoms. The van der Waals surface area contributed by atoms with Crippen molar-refractivity contribution < 1.29 is 23.7 Å². The molecule has 0 amide bonds. The van der Waals surface area contributed by atoms with Gasteiger partial charge in [0.25, 0.3) is 0 Å². The van der Waals surface area contributed by atoms with Crippen molar-refractivity contribution in [1.29, 1.82) is 0 Å². The molecule has 2 aromatic rings. The predicted molar refractivity (Wildman–Crippen MR) is 101 cm³/mol. The van der Waals surface area contributed by atoms with Crippen LogP contribution in [0.1, 0.15) is 17.2 Å². The molecule has 1 aliphatic heterocycles. The van der Waals surface area contributed by atoms with Crippen LogP contribution in [0.5, 0.6) is 11.5 Å². The lowest BCUT2D eigenvalue weighted by Gasteiger charge is -2.41. The minimum absolute atomic E-state index is 0.140. The Balaban J connectivity index is 1.94. The van der Waals surface area contributed by atoms with Gasteiger partial charge in [0.2, 0.25) is 0 Å². The molecular weight excluding hydrogens is 373 g/mol. The van der Waals surface area contributed by atoms with Gasteiger partial charge in [-0.15, -0.1) is 0 Å². The lowest BCUT2D eigenvalue weighted by Crippen LogP contribution is -2.46. The highest BCUT2D eigenvalue weighted by Crippen LogP contribution is 2.36. The molecule has 2 atom stereocenters. The lowest BCUT2D eigenvalue weighted by atomic mass is 9.97. The van der Waals surface area contributed by atoms with Crippen molar-refractivity contribution >= 4 is 11.6 Å². The highest BCUT2D eigenvalue weighted by atomic mass is 35.5.